The first-order valence-corrected chi connectivity index (χ1v) is 8.45. The zero-order chi connectivity index (χ0) is 19.1. The Balaban J connectivity index is 1.92. The lowest BCUT2D eigenvalue weighted by atomic mass is 10.1. The average Bonchev–Trinajstić information content (AvgIpc) is 2.73. The second kappa shape index (κ2) is 8.76. The summed E-state index contributed by atoms with van der Waals surface area (Å²) in [5.74, 6) is 0.371. The van der Waals surface area contributed by atoms with Crippen molar-refractivity contribution in [3.8, 4) is 23.0 Å². The molecule has 5 heteroatoms. The van der Waals surface area contributed by atoms with E-state index in [4.69, 9.17) is 14.2 Å². The Hall–Kier alpha value is -3.47. The van der Waals surface area contributed by atoms with Gasteiger partial charge >= 0.3 is 0 Å². The molecular formula is C22H20O5. The molecular weight excluding hydrogens is 344 g/mol. The molecule has 0 radical (unpaired) electrons. The fourth-order valence-corrected chi connectivity index (χ4v) is 2.60. The summed E-state index contributed by atoms with van der Waals surface area (Å²) in [4.78, 5) is 11.3. The molecule has 0 aliphatic heterocycles. The summed E-state index contributed by atoms with van der Waals surface area (Å²) in [6, 6.07) is 20.5. The SMILES string of the molecule is COc1cc(C=O)c(O)c(OCc2ccccc2)c1OCc1ccccc1. The molecule has 27 heavy (non-hydrogen) atoms. The highest BCUT2D eigenvalue weighted by Crippen LogP contribution is 2.46. The standard InChI is InChI=1S/C22H20O5/c1-25-19-12-18(13-23)20(24)22(27-15-17-10-6-3-7-11-17)21(19)26-14-16-8-4-2-5-9-16/h2-13,24H,14-15H2,1H3. The van der Waals surface area contributed by atoms with Gasteiger partial charge < -0.3 is 19.3 Å². The summed E-state index contributed by atoms with van der Waals surface area (Å²) in [6.45, 7) is 0.473. The molecule has 3 aromatic rings. The number of carbonyl (C=O) groups excluding carboxylic acids is 1. The Morgan fingerprint density at radius 2 is 1.37 bits per heavy atom. The van der Waals surface area contributed by atoms with E-state index in [1.54, 1.807) is 0 Å². The minimum absolute atomic E-state index is 0.0713. The van der Waals surface area contributed by atoms with Crippen LogP contribution in [-0.2, 0) is 13.2 Å². The van der Waals surface area contributed by atoms with E-state index in [0.29, 0.717) is 12.0 Å². The van der Waals surface area contributed by atoms with Gasteiger partial charge in [0.15, 0.2) is 17.8 Å². The summed E-state index contributed by atoms with van der Waals surface area (Å²) in [5.41, 5.74) is 1.94. The van der Waals surface area contributed by atoms with Gasteiger partial charge in [0.2, 0.25) is 11.5 Å². The Morgan fingerprint density at radius 1 is 0.852 bits per heavy atom. The van der Waals surface area contributed by atoms with E-state index in [1.165, 1.54) is 13.2 Å². The van der Waals surface area contributed by atoms with Crippen molar-refractivity contribution in [2.24, 2.45) is 0 Å². The third-order valence-electron chi connectivity index (χ3n) is 4.00. The number of hydrogen-bond acceptors (Lipinski definition) is 5. The van der Waals surface area contributed by atoms with Crippen LogP contribution < -0.4 is 14.2 Å². The van der Waals surface area contributed by atoms with Gasteiger partial charge in [-0.15, -0.1) is 0 Å². The number of phenols is 1. The van der Waals surface area contributed by atoms with Crippen LogP contribution in [0.5, 0.6) is 23.0 Å². The molecule has 3 rings (SSSR count). The molecule has 0 saturated carbocycles. The van der Waals surface area contributed by atoms with Gasteiger partial charge in [-0.1, -0.05) is 60.7 Å². The maximum atomic E-state index is 11.3. The van der Waals surface area contributed by atoms with Gasteiger partial charge in [0.05, 0.1) is 12.7 Å². The number of rotatable bonds is 8. The first-order chi connectivity index (χ1) is 13.2. The molecule has 0 fully saturated rings. The van der Waals surface area contributed by atoms with Crippen molar-refractivity contribution < 1.29 is 24.1 Å². The van der Waals surface area contributed by atoms with Crippen LogP contribution in [0.1, 0.15) is 21.5 Å². The van der Waals surface area contributed by atoms with Crippen LogP contribution in [0.15, 0.2) is 66.7 Å². The van der Waals surface area contributed by atoms with Gasteiger partial charge in [-0.2, -0.15) is 0 Å². The molecule has 0 unspecified atom stereocenters. The van der Waals surface area contributed by atoms with Gasteiger partial charge in [0.25, 0.3) is 0 Å². The maximum Gasteiger partial charge on any atom is 0.208 e. The van der Waals surface area contributed by atoms with E-state index >= 15 is 0 Å². The first kappa shape index (κ1) is 18.3. The van der Waals surface area contributed by atoms with Crippen molar-refractivity contribution >= 4 is 6.29 Å². The molecule has 3 aromatic carbocycles. The van der Waals surface area contributed by atoms with Gasteiger partial charge in [-0.25, -0.2) is 0 Å². The Morgan fingerprint density at radius 3 is 1.85 bits per heavy atom. The Kier molecular flexibility index (Phi) is 5.94. The number of aldehydes is 1. The number of benzene rings is 3. The topological polar surface area (TPSA) is 65.0 Å². The highest BCUT2D eigenvalue weighted by molar-refractivity contribution is 5.84. The summed E-state index contributed by atoms with van der Waals surface area (Å²) < 4.78 is 17.1. The second-order valence-electron chi connectivity index (χ2n) is 5.84. The number of ether oxygens (including phenoxy) is 3. The quantitative estimate of drug-likeness (QED) is 0.601. The van der Waals surface area contributed by atoms with Crippen molar-refractivity contribution in [3.05, 3.63) is 83.4 Å². The number of carbonyl (C=O) groups is 1. The monoisotopic (exact) mass is 364 g/mol. The molecule has 138 valence electrons. The van der Waals surface area contributed by atoms with Crippen LogP contribution in [0.3, 0.4) is 0 Å². The van der Waals surface area contributed by atoms with E-state index in [0.717, 1.165) is 11.1 Å². The fourth-order valence-electron chi connectivity index (χ4n) is 2.60. The van der Waals surface area contributed by atoms with Crippen molar-refractivity contribution in [2.75, 3.05) is 7.11 Å². The zero-order valence-electron chi connectivity index (χ0n) is 14.9. The first-order valence-electron chi connectivity index (χ1n) is 8.45. The fraction of sp³-hybridized carbons (Fsp3) is 0.136. The van der Waals surface area contributed by atoms with Crippen LogP contribution in [0, 0.1) is 0 Å². The summed E-state index contributed by atoms with van der Waals surface area (Å²) in [6.07, 6.45) is 0.550. The van der Waals surface area contributed by atoms with Crippen molar-refractivity contribution in [3.63, 3.8) is 0 Å². The maximum absolute atomic E-state index is 11.3. The van der Waals surface area contributed by atoms with Gasteiger partial charge in [0, 0.05) is 0 Å². The Bertz CT molecular complexity index is 892. The molecule has 0 atom stereocenters. The highest BCUT2D eigenvalue weighted by atomic mass is 16.5. The number of hydrogen-bond donors (Lipinski definition) is 1. The third-order valence-corrected chi connectivity index (χ3v) is 4.00. The highest BCUT2D eigenvalue weighted by Gasteiger charge is 2.21. The lowest BCUT2D eigenvalue weighted by molar-refractivity contribution is 0.111. The van der Waals surface area contributed by atoms with E-state index in [1.807, 2.05) is 60.7 Å². The molecule has 5 nitrogen and oxygen atoms in total. The third kappa shape index (κ3) is 4.39. The van der Waals surface area contributed by atoms with E-state index in [9.17, 15) is 9.90 Å². The van der Waals surface area contributed by atoms with Crippen LogP contribution in [0.2, 0.25) is 0 Å². The molecule has 0 saturated heterocycles. The number of phenolic OH excluding ortho intramolecular Hbond substituents is 1. The van der Waals surface area contributed by atoms with Gasteiger partial charge in [-0.3, -0.25) is 4.79 Å². The lowest BCUT2D eigenvalue weighted by Gasteiger charge is -2.18. The van der Waals surface area contributed by atoms with Crippen LogP contribution in [-0.4, -0.2) is 18.5 Å². The molecule has 0 aliphatic carbocycles. The van der Waals surface area contributed by atoms with Crippen molar-refractivity contribution in [2.45, 2.75) is 13.2 Å². The largest absolute Gasteiger partial charge is 0.504 e. The Labute approximate surface area is 157 Å². The van der Waals surface area contributed by atoms with E-state index < -0.39 is 0 Å². The van der Waals surface area contributed by atoms with Gasteiger partial charge in [0.1, 0.15) is 13.2 Å². The predicted molar refractivity (Wildman–Crippen MR) is 102 cm³/mol. The normalized spacial score (nSPS) is 10.3. The zero-order valence-corrected chi connectivity index (χ0v) is 14.9. The second-order valence-corrected chi connectivity index (χ2v) is 5.84. The molecule has 0 aromatic heterocycles. The predicted octanol–water partition coefficient (Wildman–Crippen LogP) is 4.37. The lowest BCUT2D eigenvalue weighted by Crippen LogP contribution is -2.04. The average molecular weight is 364 g/mol. The molecule has 0 bridgehead atoms. The molecule has 0 amide bonds. The summed E-state index contributed by atoms with van der Waals surface area (Å²) in [7, 11) is 1.47. The molecule has 0 spiro atoms. The molecule has 1 N–H and O–H groups in total. The van der Waals surface area contributed by atoms with E-state index in [-0.39, 0.29) is 36.0 Å². The van der Waals surface area contributed by atoms with Crippen LogP contribution in [0.25, 0.3) is 0 Å². The van der Waals surface area contributed by atoms with E-state index in [2.05, 4.69) is 0 Å². The van der Waals surface area contributed by atoms with Crippen LogP contribution >= 0.6 is 0 Å². The smallest absolute Gasteiger partial charge is 0.208 e. The summed E-state index contributed by atoms with van der Waals surface area (Å²) >= 11 is 0. The van der Waals surface area contributed by atoms with Gasteiger partial charge in [-0.05, 0) is 17.2 Å². The van der Waals surface area contributed by atoms with Crippen LogP contribution in [0.4, 0.5) is 0 Å². The molecule has 0 aliphatic rings. The van der Waals surface area contributed by atoms with Crippen molar-refractivity contribution in [1.29, 1.82) is 0 Å². The minimum Gasteiger partial charge on any atom is -0.504 e. The summed E-state index contributed by atoms with van der Waals surface area (Å²) in [5, 5.41) is 10.5. The number of aromatic hydroxyl groups is 1. The minimum atomic E-state index is -0.273. The number of methoxy groups -OCH3 is 1. The van der Waals surface area contributed by atoms with Crippen molar-refractivity contribution in [1.82, 2.24) is 0 Å². The molecule has 0 heterocycles.